The number of rotatable bonds is 4. The van der Waals surface area contributed by atoms with E-state index in [0.717, 1.165) is 17.8 Å². The van der Waals surface area contributed by atoms with Gasteiger partial charge < -0.3 is 10.6 Å². The first-order valence-electron chi connectivity index (χ1n) is 4.41. The Hall–Kier alpha value is -1.44. The summed E-state index contributed by atoms with van der Waals surface area (Å²) in [6, 6.07) is 6.28. The lowest BCUT2D eigenvalue weighted by Gasteiger charge is -2.09. The lowest BCUT2D eigenvalue weighted by Crippen LogP contribution is -1.96. The summed E-state index contributed by atoms with van der Waals surface area (Å²) in [5.74, 6) is 0. The molecule has 0 bridgehead atoms. The number of nitrogens with one attached hydrogen (secondary N) is 2. The van der Waals surface area contributed by atoms with E-state index >= 15 is 0 Å². The summed E-state index contributed by atoms with van der Waals surface area (Å²) < 4.78 is 0. The highest BCUT2D eigenvalue weighted by Crippen LogP contribution is 2.20. The van der Waals surface area contributed by atoms with Gasteiger partial charge in [0, 0.05) is 25.5 Å². The fourth-order valence-electron chi connectivity index (χ4n) is 1.30. The number of hydrogen-bond acceptors (Lipinski definition) is 2. The second kappa shape index (κ2) is 4.55. The van der Waals surface area contributed by atoms with E-state index in [4.69, 9.17) is 0 Å². The summed E-state index contributed by atoms with van der Waals surface area (Å²) in [6.45, 7) is 3.73. The minimum Gasteiger partial charge on any atom is -0.388 e. The van der Waals surface area contributed by atoms with Crippen molar-refractivity contribution in [2.45, 2.75) is 6.42 Å². The molecule has 0 spiro atoms. The molecule has 0 amide bonds. The molecular formula is C11H16N2. The van der Waals surface area contributed by atoms with Crippen LogP contribution in [0.1, 0.15) is 5.56 Å². The van der Waals surface area contributed by atoms with Gasteiger partial charge in [0.2, 0.25) is 0 Å². The third-order valence-electron chi connectivity index (χ3n) is 2.03. The molecule has 2 nitrogen and oxygen atoms in total. The molecule has 0 saturated carbocycles. The minimum absolute atomic E-state index is 0.903. The maximum Gasteiger partial charge on any atom is 0.0394 e. The highest BCUT2D eigenvalue weighted by molar-refractivity contribution is 5.61. The maximum absolute atomic E-state index is 3.73. The van der Waals surface area contributed by atoms with E-state index in [1.54, 1.807) is 0 Å². The smallest absolute Gasteiger partial charge is 0.0394 e. The van der Waals surface area contributed by atoms with Gasteiger partial charge in [-0.05, 0) is 24.1 Å². The molecule has 0 aliphatic heterocycles. The van der Waals surface area contributed by atoms with Gasteiger partial charge in [-0.25, -0.2) is 0 Å². The molecule has 0 saturated heterocycles. The Morgan fingerprint density at radius 1 is 1.31 bits per heavy atom. The highest BCUT2D eigenvalue weighted by atomic mass is 14.9. The summed E-state index contributed by atoms with van der Waals surface area (Å²) in [6.07, 6.45) is 2.81. The van der Waals surface area contributed by atoms with E-state index in [1.165, 1.54) is 5.56 Å². The van der Waals surface area contributed by atoms with Crippen LogP contribution in [0, 0.1) is 0 Å². The molecule has 0 radical (unpaired) electrons. The Labute approximate surface area is 79.7 Å². The maximum atomic E-state index is 3.73. The average molecular weight is 176 g/mol. The molecule has 1 rings (SSSR count). The Kier molecular flexibility index (Phi) is 3.38. The average Bonchev–Trinajstić information content (AvgIpc) is 2.19. The van der Waals surface area contributed by atoms with Crippen LogP contribution in [0.5, 0.6) is 0 Å². The SMILES string of the molecule is C=CCc1ccc(NC)cc1NC. The molecule has 1 aromatic rings. The normalized spacial score (nSPS) is 9.38. The third-order valence-corrected chi connectivity index (χ3v) is 2.03. The van der Waals surface area contributed by atoms with Crippen molar-refractivity contribution < 1.29 is 0 Å². The van der Waals surface area contributed by atoms with E-state index in [0.29, 0.717) is 0 Å². The van der Waals surface area contributed by atoms with Gasteiger partial charge in [-0.15, -0.1) is 6.58 Å². The van der Waals surface area contributed by atoms with Crippen molar-refractivity contribution in [3.05, 3.63) is 36.4 Å². The summed E-state index contributed by atoms with van der Waals surface area (Å²) in [5, 5.41) is 6.27. The van der Waals surface area contributed by atoms with Crippen LogP contribution in [0.25, 0.3) is 0 Å². The van der Waals surface area contributed by atoms with Gasteiger partial charge in [-0.3, -0.25) is 0 Å². The molecule has 70 valence electrons. The largest absolute Gasteiger partial charge is 0.388 e. The highest BCUT2D eigenvalue weighted by Gasteiger charge is 1.99. The Balaban J connectivity index is 3.00. The number of allylic oxidation sites excluding steroid dienone is 1. The Bertz CT molecular complexity index is 292. The molecule has 0 unspecified atom stereocenters. The molecule has 2 heteroatoms. The molecule has 2 N–H and O–H groups in total. The number of hydrogen-bond donors (Lipinski definition) is 2. The fourth-order valence-corrected chi connectivity index (χ4v) is 1.30. The number of anilines is 2. The molecule has 0 heterocycles. The van der Waals surface area contributed by atoms with Crippen LogP contribution < -0.4 is 10.6 Å². The van der Waals surface area contributed by atoms with Crippen LogP contribution in [0.4, 0.5) is 11.4 Å². The summed E-state index contributed by atoms with van der Waals surface area (Å²) in [4.78, 5) is 0. The van der Waals surface area contributed by atoms with E-state index in [1.807, 2.05) is 20.2 Å². The van der Waals surface area contributed by atoms with E-state index < -0.39 is 0 Å². The fraction of sp³-hybridized carbons (Fsp3) is 0.273. The molecule has 0 fully saturated rings. The lowest BCUT2D eigenvalue weighted by molar-refractivity contribution is 1.26. The summed E-state index contributed by atoms with van der Waals surface area (Å²) in [5.41, 5.74) is 3.56. The van der Waals surface area contributed by atoms with Crippen LogP contribution in [0.2, 0.25) is 0 Å². The standard InChI is InChI=1S/C11H16N2/c1-4-5-9-6-7-10(12-2)8-11(9)13-3/h4,6-8,12-13H,1,5H2,2-3H3. The molecule has 0 aliphatic carbocycles. The topological polar surface area (TPSA) is 24.1 Å². The van der Waals surface area contributed by atoms with Gasteiger partial charge in [0.15, 0.2) is 0 Å². The zero-order valence-corrected chi connectivity index (χ0v) is 8.22. The van der Waals surface area contributed by atoms with Crippen LogP contribution in [-0.2, 0) is 6.42 Å². The van der Waals surface area contributed by atoms with Crippen LogP contribution in [-0.4, -0.2) is 14.1 Å². The van der Waals surface area contributed by atoms with E-state index in [9.17, 15) is 0 Å². The van der Waals surface area contributed by atoms with Crippen molar-refractivity contribution in [1.29, 1.82) is 0 Å². The lowest BCUT2D eigenvalue weighted by atomic mass is 10.1. The van der Waals surface area contributed by atoms with E-state index in [2.05, 4.69) is 35.4 Å². The van der Waals surface area contributed by atoms with Gasteiger partial charge in [0.1, 0.15) is 0 Å². The second-order valence-electron chi connectivity index (χ2n) is 2.86. The molecule has 0 aliphatic rings. The molecule has 0 aromatic heterocycles. The Morgan fingerprint density at radius 3 is 2.62 bits per heavy atom. The van der Waals surface area contributed by atoms with Crippen molar-refractivity contribution in [2.24, 2.45) is 0 Å². The van der Waals surface area contributed by atoms with Gasteiger partial charge in [0.05, 0.1) is 0 Å². The molecule has 13 heavy (non-hydrogen) atoms. The van der Waals surface area contributed by atoms with Gasteiger partial charge in [0.25, 0.3) is 0 Å². The zero-order valence-electron chi connectivity index (χ0n) is 8.22. The molecular weight excluding hydrogens is 160 g/mol. The van der Waals surface area contributed by atoms with Crippen molar-refractivity contribution in [2.75, 3.05) is 24.7 Å². The van der Waals surface area contributed by atoms with Crippen LogP contribution >= 0.6 is 0 Å². The summed E-state index contributed by atoms with van der Waals surface area (Å²) in [7, 11) is 3.85. The summed E-state index contributed by atoms with van der Waals surface area (Å²) >= 11 is 0. The molecule has 1 aromatic carbocycles. The predicted molar refractivity (Wildman–Crippen MR) is 59.4 cm³/mol. The predicted octanol–water partition coefficient (Wildman–Crippen LogP) is 2.50. The molecule has 0 atom stereocenters. The Morgan fingerprint density at radius 2 is 2.08 bits per heavy atom. The monoisotopic (exact) mass is 176 g/mol. The first kappa shape index (κ1) is 9.65. The van der Waals surface area contributed by atoms with Crippen molar-refractivity contribution in [3.63, 3.8) is 0 Å². The quantitative estimate of drug-likeness (QED) is 0.689. The van der Waals surface area contributed by atoms with Gasteiger partial charge >= 0.3 is 0 Å². The minimum atomic E-state index is 0.903. The van der Waals surface area contributed by atoms with Crippen molar-refractivity contribution in [1.82, 2.24) is 0 Å². The van der Waals surface area contributed by atoms with Gasteiger partial charge in [-0.2, -0.15) is 0 Å². The zero-order chi connectivity index (χ0) is 9.68. The van der Waals surface area contributed by atoms with Crippen molar-refractivity contribution >= 4 is 11.4 Å². The number of benzene rings is 1. The van der Waals surface area contributed by atoms with E-state index in [-0.39, 0.29) is 0 Å². The van der Waals surface area contributed by atoms with Gasteiger partial charge in [-0.1, -0.05) is 12.1 Å². The first-order chi connectivity index (χ1) is 6.31. The third kappa shape index (κ3) is 2.25. The second-order valence-corrected chi connectivity index (χ2v) is 2.86. The van der Waals surface area contributed by atoms with Crippen LogP contribution in [0.3, 0.4) is 0 Å². The first-order valence-corrected chi connectivity index (χ1v) is 4.41. The van der Waals surface area contributed by atoms with Crippen LogP contribution in [0.15, 0.2) is 30.9 Å². The van der Waals surface area contributed by atoms with Crippen molar-refractivity contribution in [3.8, 4) is 0 Å².